The predicted molar refractivity (Wildman–Crippen MR) is 95.9 cm³/mol. The summed E-state index contributed by atoms with van der Waals surface area (Å²) in [5, 5.41) is 10.2. The van der Waals surface area contributed by atoms with E-state index in [1.165, 1.54) is 0 Å². The molecule has 1 N–H and O–H groups in total. The Hall–Kier alpha value is -2.47. The Balaban J connectivity index is 1.80. The average molecular weight is 340 g/mol. The summed E-state index contributed by atoms with van der Waals surface area (Å²) >= 11 is 1.57. The van der Waals surface area contributed by atoms with Gasteiger partial charge in [-0.15, -0.1) is 11.3 Å². The highest BCUT2D eigenvalue weighted by Gasteiger charge is 2.19. The molecule has 2 aromatic heterocycles. The summed E-state index contributed by atoms with van der Waals surface area (Å²) in [6.07, 6.45) is 3.59. The van der Waals surface area contributed by atoms with Gasteiger partial charge in [0.05, 0.1) is 17.4 Å². The van der Waals surface area contributed by atoms with Gasteiger partial charge in [0.15, 0.2) is 0 Å². The van der Waals surface area contributed by atoms with Crippen molar-refractivity contribution in [3.63, 3.8) is 0 Å². The van der Waals surface area contributed by atoms with E-state index in [-0.39, 0.29) is 11.9 Å². The lowest BCUT2D eigenvalue weighted by Crippen LogP contribution is -2.28. The Kier molecular flexibility index (Phi) is 5.05. The van der Waals surface area contributed by atoms with Crippen LogP contribution in [0.5, 0.6) is 0 Å². The number of hydrogen-bond donors (Lipinski definition) is 1. The molecular formula is C18H20N4OS. The van der Waals surface area contributed by atoms with Crippen LogP contribution in [0.1, 0.15) is 41.2 Å². The molecule has 1 amide bonds. The van der Waals surface area contributed by atoms with Crippen molar-refractivity contribution in [1.82, 2.24) is 20.1 Å². The Bertz CT molecular complexity index is 809. The summed E-state index contributed by atoms with van der Waals surface area (Å²) in [6.45, 7) is 2.11. The molecule has 1 atom stereocenters. The minimum Gasteiger partial charge on any atom is -0.343 e. The van der Waals surface area contributed by atoms with Gasteiger partial charge in [-0.1, -0.05) is 31.5 Å². The normalized spacial score (nSPS) is 12.1. The number of amides is 1. The molecule has 1 aromatic carbocycles. The van der Waals surface area contributed by atoms with E-state index in [1.54, 1.807) is 22.2 Å². The molecule has 5 nitrogen and oxygen atoms in total. The van der Waals surface area contributed by atoms with E-state index in [0.29, 0.717) is 5.56 Å². The molecule has 0 radical (unpaired) electrons. The molecule has 0 spiro atoms. The van der Waals surface area contributed by atoms with Crippen LogP contribution in [0.4, 0.5) is 0 Å². The molecule has 3 rings (SSSR count). The molecule has 0 aliphatic rings. The smallest absolute Gasteiger partial charge is 0.251 e. The van der Waals surface area contributed by atoms with Gasteiger partial charge in [-0.2, -0.15) is 5.10 Å². The molecule has 0 saturated heterocycles. The van der Waals surface area contributed by atoms with Crippen LogP contribution in [0.2, 0.25) is 0 Å². The summed E-state index contributed by atoms with van der Waals surface area (Å²) in [4.78, 5) is 17.2. The molecule has 24 heavy (non-hydrogen) atoms. The van der Waals surface area contributed by atoms with Crippen molar-refractivity contribution in [2.24, 2.45) is 7.05 Å². The highest BCUT2D eigenvalue weighted by Crippen LogP contribution is 2.27. The van der Waals surface area contributed by atoms with Gasteiger partial charge in [-0.05, 0) is 24.6 Å². The van der Waals surface area contributed by atoms with Crippen LogP contribution in [0.15, 0.2) is 48.0 Å². The average Bonchev–Trinajstić information content (AvgIpc) is 3.24. The maximum atomic E-state index is 12.4. The molecule has 6 heteroatoms. The van der Waals surface area contributed by atoms with Crippen LogP contribution in [0, 0.1) is 0 Å². The lowest BCUT2D eigenvalue weighted by molar-refractivity contribution is 0.0934. The molecular weight excluding hydrogens is 320 g/mol. The van der Waals surface area contributed by atoms with Gasteiger partial charge in [0.1, 0.15) is 5.01 Å². The second-order valence-electron chi connectivity index (χ2n) is 5.59. The van der Waals surface area contributed by atoms with Crippen LogP contribution in [-0.4, -0.2) is 20.7 Å². The molecule has 2 heterocycles. The summed E-state index contributed by atoms with van der Waals surface area (Å²) in [5.41, 5.74) is 2.54. The van der Waals surface area contributed by atoms with Crippen molar-refractivity contribution >= 4 is 17.2 Å². The Morgan fingerprint density at radius 3 is 2.75 bits per heavy atom. The van der Waals surface area contributed by atoms with Gasteiger partial charge in [-0.25, -0.2) is 4.98 Å². The van der Waals surface area contributed by atoms with Crippen molar-refractivity contribution in [3.8, 4) is 11.4 Å². The first-order valence-corrected chi connectivity index (χ1v) is 8.86. The topological polar surface area (TPSA) is 59.8 Å². The summed E-state index contributed by atoms with van der Waals surface area (Å²) in [5.74, 6) is -0.0636. The number of nitrogens with zero attached hydrogens (tertiary/aromatic N) is 3. The van der Waals surface area contributed by atoms with Crippen LogP contribution in [-0.2, 0) is 7.05 Å². The van der Waals surface area contributed by atoms with Gasteiger partial charge in [0.2, 0.25) is 0 Å². The number of thiazole rings is 1. The van der Waals surface area contributed by atoms with Crippen LogP contribution in [0.25, 0.3) is 11.4 Å². The van der Waals surface area contributed by atoms with Crippen LogP contribution in [0.3, 0.4) is 0 Å². The Morgan fingerprint density at radius 1 is 1.29 bits per heavy atom. The fourth-order valence-electron chi connectivity index (χ4n) is 2.57. The minimum atomic E-state index is -0.0744. The summed E-state index contributed by atoms with van der Waals surface area (Å²) in [6, 6.07) is 11.1. The third-order valence-electron chi connectivity index (χ3n) is 3.82. The molecule has 0 unspecified atom stereocenters. The van der Waals surface area contributed by atoms with E-state index in [0.717, 1.165) is 29.2 Å². The maximum absolute atomic E-state index is 12.4. The lowest BCUT2D eigenvalue weighted by Gasteiger charge is -2.15. The molecule has 0 fully saturated rings. The van der Waals surface area contributed by atoms with E-state index in [4.69, 9.17) is 4.98 Å². The highest BCUT2D eigenvalue weighted by atomic mass is 32.1. The largest absolute Gasteiger partial charge is 0.343 e. The van der Waals surface area contributed by atoms with Gasteiger partial charge in [0, 0.05) is 24.2 Å². The fourth-order valence-corrected chi connectivity index (χ4v) is 3.47. The maximum Gasteiger partial charge on any atom is 0.251 e. The zero-order chi connectivity index (χ0) is 16.9. The molecule has 124 valence electrons. The molecule has 3 aromatic rings. The van der Waals surface area contributed by atoms with Crippen molar-refractivity contribution in [2.45, 2.75) is 25.8 Å². The lowest BCUT2D eigenvalue weighted by atomic mass is 10.1. The van der Waals surface area contributed by atoms with E-state index in [9.17, 15) is 4.79 Å². The number of aromatic nitrogens is 3. The molecule has 0 aliphatic carbocycles. The highest BCUT2D eigenvalue weighted by molar-refractivity contribution is 7.10. The number of rotatable bonds is 6. The first kappa shape index (κ1) is 16.4. The Labute approximate surface area is 145 Å². The van der Waals surface area contributed by atoms with E-state index < -0.39 is 0 Å². The number of nitrogens with one attached hydrogen (secondary N) is 1. The minimum absolute atomic E-state index is 0.0636. The second-order valence-corrected chi connectivity index (χ2v) is 6.48. The van der Waals surface area contributed by atoms with E-state index in [2.05, 4.69) is 17.3 Å². The third-order valence-corrected chi connectivity index (χ3v) is 4.78. The summed E-state index contributed by atoms with van der Waals surface area (Å²) < 4.78 is 1.80. The van der Waals surface area contributed by atoms with Gasteiger partial charge in [0.25, 0.3) is 5.91 Å². The first-order valence-electron chi connectivity index (χ1n) is 7.98. The molecule has 0 bridgehead atoms. The summed E-state index contributed by atoms with van der Waals surface area (Å²) in [7, 11) is 1.90. The van der Waals surface area contributed by atoms with Gasteiger partial charge < -0.3 is 5.32 Å². The van der Waals surface area contributed by atoms with Crippen molar-refractivity contribution in [3.05, 3.63) is 58.5 Å². The van der Waals surface area contributed by atoms with Crippen molar-refractivity contribution < 1.29 is 4.79 Å². The van der Waals surface area contributed by atoms with E-state index in [1.807, 2.05) is 48.8 Å². The number of benzene rings is 1. The number of carbonyl (C=O) groups excluding carboxylic acids is 1. The fraction of sp³-hybridized carbons (Fsp3) is 0.278. The van der Waals surface area contributed by atoms with Crippen molar-refractivity contribution in [1.29, 1.82) is 0 Å². The van der Waals surface area contributed by atoms with Crippen LogP contribution >= 0.6 is 11.3 Å². The molecule has 0 saturated carbocycles. The predicted octanol–water partition coefficient (Wildman–Crippen LogP) is 3.81. The third kappa shape index (κ3) is 3.54. The van der Waals surface area contributed by atoms with E-state index >= 15 is 0 Å². The number of hydrogen-bond acceptors (Lipinski definition) is 4. The quantitative estimate of drug-likeness (QED) is 0.742. The monoisotopic (exact) mass is 340 g/mol. The van der Waals surface area contributed by atoms with Crippen molar-refractivity contribution in [2.75, 3.05) is 0 Å². The Morgan fingerprint density at radius 2 is 2.08 bits per heavy atom. The zero-order valence-electron chi connectivity index (χ0n) is 13.8. The first-order chi connectivity index (χ1) is 11.7. The van der Waals surface area contributed by atoms with Gasteiger partial charge in [-0.3, -0.25) is 9.48 Å². The number of carbonyl (C=O) groups is 1. The zero-order valence-corrected chi connectivity index (χ0v) is 14.6. The SMILES string of the molecule is CCC[C@H](NC(=O)c1ccccc1)c1nc(-c2ccnn2C)cs1. The number of aryl methyl sites for hydroxylation is 1. The molecule has 0 aliphatic heterocycles. The standard InChI is InChI=1S/C18H20N4OS/c1-3-7-14(20-17(23)13-8-5-4-6-9-13)18-21-15(12-24-18)16-10-11-19-22(16)2/h4-6,8-12,14H,3,7H2,1-2H3,(H,20,23)/t14-/m0/s1. The van der Waals surface area contributed by atoms with Crippen LogP contribution < -0.4 is 5.32 Å². The van der Waals surface area contributed by atoms with Gasteiger partial charge >= 0.3 is 0 Å². The second kappa shape index (κ2) is 7.40.